The van der Waals surface area contributed by atoms with Gasteiger partial charge in [-0.3, -0.25) is 9.69 Å². The molecule has 2 aliphatic rings. The summed E-state index contributed by atoms with van der Waals surface area (Å²) in [4.78, 5) is 17.8. The number of rotatable bonds is 5. The number of carbonyl (C=O) groups excluding carboxylic acids is 1. The highest BCUT2D eigenvalue weighted by molar-refractivity contribution is 8.27. The number of methoxy groups -OCH3 is 1. The average molecular weight is 513 g/mol. The number of benzene rings is 3. The van der Waals surface area contributed by atoms with Gasteiger partial charge in [0.2, 0.25) is 0 Å². The van der Waals surface area contributed by atoms with E-state index >= 15 is 0 Å². The van der Waals surface area contributed by atoms with Crippen molar-refractivity contribution < 1.29 is 9.53 Å². The van der Waals surface area contributed by atoms with Crippen LogP contribution in [0.5, 0.6) is 5.75 Å². The highest BCUT2D eigenvalue weighted by Gasteiger charge is 2.40. The van der Waals surface area contributed by atoms with E-state index < -0.39 is 0 Å². The lowest BCUT2D eigenvalue weighted by Crippen LogP contribution is -2.27. The van der Waals surface area contributed by atoms with Crippen molar-refractivity contribution in [2.45, 2.75) is 26.2 Å². The van der Waals surface area contributed by atoms with Crippen molar-refractivity contribution in [3.05, 3.63) is 101 Å². The van der Waals surface area contributed by atoms with Crippen LogP contribution in [0.3, 0.4) is 0 Å². The summed E-state index contributed by atoms with van der Waals surface area (Å²) in [5.41, 5.74) is 6.62. The maximum absolute atomic E-state index is 13.3. The van der Waals surface area contributed by atoms with Gasteiger partial charge in [-0.15, -0.1) is 0 Å². The number of hydrogen-bond acceptors (Lipinski definition) is 5. The number of anilines is 2. The topological polar surface area (TPSA) is 32.8 Å². The molecular formula is C30H28N2O2S2. The highest BCUT2D eigenvalue weighted by atomic mass is 32.2. The van der Waals surface area contributed by atoms with E-state index in [0.29, 0.717) is 9.23 Å². The fourth-order valence-electron chi connectivity index (χ4n) is 4.92. The summed E-state index contributed by atoms with van der Waals surface area (Å²) in [5.74, 6) is 0.636. The number of amides is 1. The maximum atomic E-state index is 13.3. The van der Waals surface area contributed by atoms with Crippen LogP contribution in [0.15, 0.2) is 95.6 Å². The van der Waals surface area contributed by atoms with Gasteiger partial charge in [-0.25, -0.2) is 0 Å². The first-order chi connectivity index (χ1) is 17.3. The van der Waals surface area contributed by atoms with Gasteiger partial charge in [0.1, 0.15) is 5.75 Å². The van der Waals surface area contributed by atoms with Crippen LogP contribution in [0.4, 0.5) is 11.4 Å². The molecule has 0 aromatic heterocycles. The van der Waals surface area contributed by atoms with Gasteiger partial charge in [-0.1, -0.05) is 74.2 Å². The van der Waals surface area contributed by atoms with Crippen LogP contribution < -0.4 is 14.5 Å². The van der Waals surface area contributed by atoms with Gasteiger partial charge in [-0.05, 0) is 72.2 Å². The van der Waals surface area contributed by atoms with E-state index in [2.05, 4.69) is 74.2 Å². The number of fused-ring (bicyclic) bond motifs is 1. The van der Waals surface area contributed by atoms with Gasteiger partial charge in [0.25, 0.3) is 5.91 Å². The van der Waals surface area contributed by atoms with E-state index in [1.807, 2.05) is 36.4 Å². The third kappa shape index (κ3) is 4.14. The number of thiocarbonyl (C=S) groups is 1. The number of nitrogens with zero attached hydrogens (tertiary/aromatic N) is 2. The average Bonchev–Trinajstić information content (AvgIpc) is 3.30. The summed E-state index contributed by atoms with van der Waals surface area (Å²) in [6.45, 7) is 7.50. The molecule has 182 valence electrons. The molecule has 3 aromatic rings. The second-order valence-electron chi connectivity index (χ2n) is 9.26. The van der Waals surface area contributed by atoms with Crippen molar-refractivity contribution in [1.29, 1.82) is 0 Å². The second kappa shape index (κ2) is 9.60. The molecule has 0 bridgehead atoms. The van der Waals surface area contributed by atoms with Crippen LogP contribution in [0.1, 0.15) is 26.3 Å². The highest BCUT2D eigenvalue weighted by Crippen LogP contribution is 2.49. The Labute approximate surface area is 222 Å². The Morgan fingerprint density at radius 1 is 0.972 bits per heavy atom. The minimum absolute atomic E-state index is 0.102. The van der Waals surface area contributed by atoms with E-state index in [9.17, 15) is 4.79 Å². The Bertz CT molecular complexity index is 1390. The van der Waals surface area contributed by atoms with E-state index in [0.717, 1.165) is 18.0 Å². The molecule has 2 aliphatic heterocycles. The molecule has 4 nitrogen and oxygen atoms in total. The molecule has 0 radical (unpaired) electrons. The number of ether oxygens (including phenoxy) is 1. The quantitative estimate of drug-likeness (QED) is 0.264. The molecule has 2 heterocycles. The molecule has 0 aliphatic carbocycles. The van der Waals surface area contributed by atoms with Crippen molar-refractivity contribution in [2.75, 3.05) is 23.5 Å². The maximum Gasteiger partial charge on any atom is 0.270 e. The molecule has 0 spiro atoms. The minimum atomic E-state index is -0.213. The molecule has 3 aromatic carbocycles. The third-order valence-electron chi connectivity index (χ3n) is 6.83. The molecule has 0 saturated carbocycles. The van der Waals surface area contributed by atoms with Crippen molar-refractivity contribution >= 4 is 45.6 Å². The fraction of sp³-hybridized carbons (Fsp3) is 0.200. The van der Waals surface area contributed by atoms with Crippen LogP contribution in [0.25, 0.3) is 11.1 Å². The normalized spacial score (nSPS) is 18.9. The Balaban J connectivity index is 1.48. The second-order valence-corrected chi connectivity index (χ2v) is 10.9. The summed E-state index contributed by atoms with van der Waals surface area (Å²) < 4.78 is 5.77. The molecule has 0 unspecified atom stereocenters. The van der Waals surface area contributed by atoms with Crippen LogP contribution in [0.2, 0.25) is 0 Å². The monoisotopic (exact) mass is 512 g/mol. The molecule has 1 amide bonds. The van der Waals surface area contributed by atoms with Crippen molar-refractivity contribution in [2.24, 2.45) is 0 Å². The van der Waals surface area contributed by atoms with Crippen molar-refractivity contribution in [3.8, 4) is 16.9 Å². The predicted octanol–water partition coefficient (Wildman–Crippen LogP) is 7.31. The number of likely N-dealkylation sites (N-methyl/N-ethyl adjacent to an activating group) is 1. The van der Waals surface area contributed by atoms with E-state index in [1.165, 1.54) is 39.8 Å². The zero-order valence-electron chi connectivity index (χ0n) is 20.8. The zero-order valence-corrected chi connectivity index (χ0v) is 22.5. The Kier molecular flexibility index (Phi) is 6.49. The fourth-order valence-corrected chi connectivity index (χ4v) is 6.16. The first-order valence-corrected chi connectivity index (χ1v) is 13.2. The van der Waals surface area contributed by atoms with Gasteiger partial charge in [0.05, 0.1) is 17.7 Å². The summed E-state index contributed by atoms with van der Waals surface area (Å²) in [6.07, 6.45) is 4.01. The lowest BCUT2D eigenvalue weighted by Gasteiger charge is -2.25. The molecular weight excluding hydrogens is 484 g/mol. The predicted molar refractivity (Wildman–Crippen MR) is 155 cm³/mol. The summed E-state index contributed by atoms with van der Waals surface area (Å²) in [6, 6.07) is 24.5. The van der Waals surface area contributed by atoms with Crippen LogP contribution in [0, 0.1) is 0 Å². The summed E-state index contributed by atoms with van der Waals surface area (Å²) in [5, 5.41) is 0. The molecule has 36 heavy (non-hydrogen) atoms. The number of hydrogen-bond donors (Lipinski definition) is 0. The molecule has 0 N–H and O–H groups in total. The van der Waals surface area contributed by atoms with Crippen LogP contribution >= 0.6 is 24.0 Å². The van der Waals surface area contributed by atoms with Crippen LogP contribution in [-0.2, 0) is 10.2 Å². The molecule has 1 saturated heterocycles. The van der Waals surface area contributed by atoms with Gasteiger partial charge in [-0.2, -0.15) is 0 Å². The largest absolute Gasteiger partial charge is 0.497 e. The van der Waals surface area contributed by atoms with Gasteiger partial charge < -0.3 is 9.64 Å². The van der Waals surface area contributed by atoms with Crippen LogP contribution in [-0.4, -0.2) is 23.9 Å². The van der Waals surface area contributed by atoms with Crippen molar-refractivity contribution in [1.82, 2.24) is 0 Å². The number of thioether (sulfide) groups is 1. The standard InChI is InChI=1S/C30H28N2O2S2/c1-5-31-25-16-11-21(20-9-7-6-8-10-20)19-24(25)30(2,3)27(31)18-17-26-28(33)32(29(35)36-26)22-12-14-23(34-4)15-13-22/h6-19H,5H2,1-4H3/b26-17-,27-18-. The summed E-state index contributed by atoms with van der Waals surface area (Å²) >= 11 is 6.90. The van der Waals surface area contributed by atoms with Gasteiger partial charge >= 0.3 is 0 Å². The van der Waals surface area contributed by atoms with E-state index in [-0.39, 0.29) is 11.3 Å². The van der Waals surface area contributed by atoms with E-state index in [4.69, 9.17) is 17.0 Å². The van der Waals surface area contributed by atoms with Gasteiger partial charge in [0, 0.05) is 23.3 Å². The first-order valence-electron chi connectivity index (χ1n) is 12.0. The SMILES string of the molecule is CCN1/C(=C\C=C2/SC(=S)N(c3ccc(OC)cc3)C2=O)C(C)(C)c2cc(-c3ccccc3)ccc21. The Morgan fingerprint density at radius 2 is 1.69 bits per heavy atom. The smallest absolute Gasteiger partial charge is 0.270 e. The van der Waals surface area contributed by atoms with Gasteiger partial charge in [0.15, 0.2) is 4.32 Å². The third-order valence-corrected chi connectivity index (χ3v) is 8.15. The molecule has 6 heteroatoms. The lowest BCUT2D eigenvalue weighted by atomic mass is 9.82. The number of allylic oxidation sites excluding steroid dienone is 3. The molecule has 1 fully saturated rings. The molecule has 0 atom stereocenters. The Hall–Kier alpha value is -3.35. The number of carbonyl (C=O) groups is 1. The zero-order chi connectivity index (χ0) is 25.4. The van der Waals surface area contributed by atoms with Crippen molar-refractivity contribution in [3.63, 3.8) is 0 Å². The molecule has 5 rings (SSSR count). The van der Waals surface area contributed by atoms with E-state index in [1.54, 1.807) is 12.0 Å². The summed E-state index contributed by atoms with van der Waals surface area (Å²) in [7, 11) is 1.62. The first kappa shape index (κ1) is 24.3. The minimum Gasteiger partial charge on any atom is -0.497 e. The Morgan fingerprint density at radius 3 is 2.36 bits per heavy atom. The lowest BCUT2D eigenvalue weighted by molar-refractivity contribution is -0.113.